The SMILES string of the molecule is CNC(=O)N1CCC(CN(C(=O)Nc2ccc(F)c(C(F)(F)F)c2)[C@@H]2CCC3(c4cccc(C#N)c4)CC3C2)CC1. The summed E-state index contributed by atoms with van der Waals surface area (Å²) in [6.45, 7) is 1.52. The number of carbonyl (C=O) groups is 2. The van der Waals surface area contributed by atoms with E-state index in [2.05, 4.69) is 22.8 Å². The maximum Gasteiger partial charge on any atom is 0.419 e. The molecule has 3 atom stereocenters. The van der Waals surface area contributed by atoms with Crippen LogP contribution in [0.1, 0.15) is 55.2 Å². The van der Waals surface area contributed by atoms with Gasteiger partial charge in [-0.3, -0.25) is 0 Å². The minimum atomic E-state index is -4.88. The van der Waals surface area contributed by atoms with Crippen molar-refractivity contribution in [3.8, 4) is 6.07 Å². The van der Waals surface area contributed by atoms with Crippen molar-refractivity contribution in [2.24, 2.45) is 11.8 Å². The number of carbonyl (C=O) groups excluding carboxylic acids is 2. The molecule has 11 heteroatoms. The van der Waals surface area contributed by atoms with Gasteiger partial charge in [0, 0.05) is 38.4 Å². The van der Waals surface area contributed by atoms with Gasteiger partial charge in [0.2, 0.25) is 0 Å². The standard InChI is InChI=1S/C30H33F4N5O2/c1-36-27(40)38-11-8-19(9-12-38)18-39(28(41)37-23-5-6-26(31)25(15-23)30(32,33)34)24-7-10-29(16-22(29)14-24)21-4-2-3-20(13-21)17-35/h2-6,13,15,19,22,24H,7-12,14,16,18H2,1H3,(H,36,40)(H,37,41)/t22?,24-,29?/m1/s1. The van der Waals surface area contributed by atoms with Gasteiger partial charge in [-0.25, -0.2) is 14.0 Å². The van der Waals surface area contributed by atoms with Crippen LogP contribution in [0.15, 0.2) is 42.5 Å². The molecule has 7 nitrogen and oxygen atoms in total. The Labute approximate surface area is 236 Å². The molecule has 3 fully saturated rings. The Bertz CT molecular complexity index is 1350. The van der Waals surface area contributed by atoms with E-state index in [1.807, 2.05) is 12.1 Å². The Morgan fingerprint density at radius 2 is 1.90 bits per heavy atom. The number of benzene rings is 2. The molecule has 4 amide bonds. The molecule has 218 valence electrons. The molecule has 1 saturated heterocycles. The number of amides is 4. The number of piperidine rings is 1. The van der Waals surface area contributed by atoms with Crippen LogP contribution in [0.2, 0.25) is 0 Å². The average molecular weight is 572 g/mol. The first kappa shape index (κ1) is 28.7. The van der Waals surface area contributed by atoms with Gasteiger partial charge in [-0.15, -0.1) is 0 Å². The number of nitrogens with zero attached hydrogens (tertiary/aromatic N) is 3. The van der Waals surface area contributed by atoms with Crippen LogP contribution in [-0.2, 0) is 11.6 Å². The largest absolute Gasteiger partial charge is 0.419 e. The predicted molar refractivity (Wildman–Crippen MR) is 144 cm³/mol. The number of hydrogen-bond donors (Lipinski definition) is 2. The second-order valence-corrected chi connectivity index (χ2v) is 11.4. The third kappa shape index (κ3) is 5.97. The summed E-state index contributed by atoms with van der Waals surface area (Å²) in [4.78, 5) is 29.1. The highest BCUT2D eigenvalue weighted by Gasteiger charge is 2.58. The van der Waals surface area contributed by atoms with E-state index in [0.717, 1.165) is 37.3 Å². The van der Waals surface area contributed by atoms with E-state index in [9.17, 15) is 32.4 Å². The molecular formula is C30H33F4N5O2. The fourth-order valence-corrected chi connectivity index (χ4v) is 6.71. The molecule has 2 unspecified atom stereocenters. The number of alkyl halides is 3. The Kier molecular flexibility index (Phi) is 7.86. The summed E-state index contributed by atoms with van der Waals surface area (Å²) in [7, 11) is 1.58. The van der Waals surface area contributed by atoms with Gasteiger partial charge in [0.15, 0.2) is 0 Å². The lowest BCUT2D eigenvalue weighted by molar-refractivity contribution is -0.139. The van der Waals surface area contributed by atoms with Crippen molar-refractivity contribution < 1.29 is 27.2 Å². The Morgan fingerprint density at radius 3 is 2.56 bits per heavy atom. The molecule has 0 spiro atoms. The maximum absolute atomic E-state index is 13.9. The van der Waals surface area contributed by atoms with Crippen LogP contribution < -0.4 is 10.6 Å². The van der Waals surface area contributed by atoms with Crippen LogP contribution in [0.3, 0.4) is 0 Å². The zero-order chi connectivity index (χ0) is 29.4. The summed E-state index contributed by atoms with van der Waals surface area (Å²) in [6.07, 6.45) is -0.214. The lowest BCUT2D eigenvalue weighted by Gasteiger charge is -2.40. The molecular weight excluding hydrogens is 538 g/mol. The zero-order valence-electron chi connectivity index (χ0n) is 22.8. The highest BCUT2D eigenvalue weighted by Crippen LogP contribution is 2.63. The normalized spacial score (nSPS) is 24.1. The average Bonchev–Trinajstić information content (AvgIpc) is 3.71. The molecule has 41 heavy (non-hydrogen) atoms. The minimum Gasteiger partial charge on any atom is -0.341 e. The molecule has 2 aliphatic carbocycles. The van der Waals surface area contributed by atoms with E-state index in [1.54, 1.807) is 22.9 Å². The van der Waals surface area contributed by atoms with Crippen molar-refractivity contribution in [1.82, 2.24) is 15.1 Å². The lowest BCUT2D eigenvalue weighted by Crippen LogP contribution is -2.50. The minimum absolute atomic E-state index is 0.0110. The van der Waals surface area contributed by atoms with Gasteiger partial charge in [0.05, 0.1) is 17.2 Å². The monoisotopic (exact) mass is 571 g/mol. The summed E-state index contributed by atoms with van der Waals surface area (Å²) in [5, 5.41) is 14.6. The highest BCUT2D eigenvalue weighted by atomic mass is 19.4. The predicted octanol–water partition coefficient (Wildman–Crippen LogP) is 6.11. The number of urea groups is 2. The second-order valence-electron chi connectivity index (χ2n) is 11.4. The summed E-state index contributed by atoms with van der Waals surface area (Å²) in [5.74, 6) is -0.935. The Morgan fingerprint density at radius 1 is 1.15 bits per heavy atom. The van der Waals surface area contributed by atoms with Crippen LogP contribution in [0.25, 0.3) is 0 Å². The van der Waals surface area contributed by atoms with Crippen molar-refractivity contribution in [3.63, 3.8) is 0 Å². The fourth-order valence-electron chi connectivity index (χ4n) is 6.71. The Balaban J connectivity index is 1.33. The number of hydrogen-bond acceptors (Lipinski definition) is 3. The van der Waals surface area contributed by atoms with Crippen molar-refractivity contribution in [1.29, 1.82) is 5.26 Å². The number of nitrogens with one attached hydrogen (secondary N) is 2. The molecule has 0 aromatic heterocycles. The Hall–Kier alpha value is -3.81. The van der Waals surface area contributed by atoms with Gasteiger partial charge in [0.25, 0.3) is 0 Å². The number of likely N-dealkylation sites (tertiary alicyclic amines) is 1. The number of fused-ring (bicyclic) bond motifs is 1. The van der Waals surface area contributed by atoms with E-state index >= 15 is 0 Å². The molecule has 2 N–H and O–H groups in total. The summed E-state index contributed by atoms with van der Waals surface area (Å²) in [6, 6.07) is 11.6. The first-order valence-corrected chi connectivity index (χ1v) is 14.0. The molecule has 2 saturated carbocycles. The molecule has 1 heterocycles. The van der Waals surface area contributed by atoms with Gasteiger partial charge in [0.1, 0.15) is 5.82 Å². The summed E-state index contributed by atoms with van der Waals surface area (Å²) >= 11 is 0. The fraction of sp³-hybridized carbons (Fsp3) is 0.500. The molecule has 3 aliphatic rings. The number of rotatable bonds is 5. The van der Waals surface area contributed by atoms with Crippen molar-refractivity contribution in [2.75, 3.05) is 32.0 Å². The van der Waals surface area contributed by atoms with Crippen molar-refractivity contribution >= 4 is 17.7 Å². The van der Waals surface area contributed by atoms with E-state index in [4.69, 9.17) is 0 Å². The third-order valence-electron chi connectivity index (χ3n) is 9.07. The summed E-state index contributed by atoms with van der Waals surface area (Å²) < 4.78 is 53.7. The number of nitriles is 1. The van der Waals surface area contributed by atoms with Gasteiger partial charge in [-0.1, -0.05) is 12.1 Å². The molecule has 0 bridgehead atoms. The third-order valence-corrected chi connectivity index (χ3v) is 9.07. The van der Waals surface area contributed by atoms with E-state index in [0.29, 0.717) is 56.1 Å². The van der Waals surface area contributed by atoms with Crippen molar-refractivity contribution in [2.45, 2.75) is 56.2 Å². The molecule has 0 radical (unpaired) electrons. The molecule has 1 aliphatic heterocycles. The first-order valence-electron chi connectivity index (χ1n) is 14.0. The second kappa shape index (κ2) is 11.2. The molecule has 5 rings (SSSR count). The van der Waals surface area contributed by atoms with Crippen LogP contribution in [0, 0.1) is 29.0 Å². The van der Waals surface area contributed by atoms with Gasteiger partial charge in [-0.2, -0.15) is 18.4 Å². The van der Waals surface area contributed by atoms with E-state index in [1.165, 1.54) is 0 Å². The number of anilines is 1. The topological polar surface area (TPSA) is 88.5 Å². The van der Waals surface area contributed by atoms with E-state index < -0.39 is 23.6 Å². The quantitative estimate of drug-likeness (QED) is 0.425. The maximum atomic E-state index is 13.9. The van der Waals surface area contributed by atoms with Gasteiger partial charge >= 0.3 is 18.2 Å². The van der Waals surface area contributed by atoms with Crippen LogP contribution >= 0.6 is 0 Å². The zero-order valence-corrected chi connectivity index (χ0v) is 22.8. The highest BCUT2D eigenvalue weighted by molar-refractivity contribution is 5.89. The lowest BCUT2D eigenvalue weighted by atomic mass is 9.79. The van der Waals surface area contributed by atoms with Crippen molar-refractivity contribution in [3.05, 3.63) is 65.0 Å². The molecule has 2 aromatic rings. The van der Waals surface area contributed by atoms with Crippen LogP contribution in [0.4, 0.5) is 32.8 Å². The van der Waals surface area contributed by atoms with Crippen LogP contribution in [0.5, 0.6) is 0 Å². The van der Waals surface area contributed by atoms with E-state index in [-0.39, 0.29) is 29.1 Å². The van der Waals surface area contributed by atoms with Crippen LogP contribution in [-0.4, -0.2) is 54.6 Å². The van der Waals surface area contributed by atoms with Gasteiger partial charge < -0.3 is 20.4 Å². The number of halogens is 4. The molecule has 2 aromatic carbocycles. The van der Waals surface area contributed by atoms with Gasteiger partial charge in [-0.05, 0) is 91.7 Å². The smallest absolute Gasteiger partial charge is 0.341 e. The summed E-state index contributed by atoms with van der Waals surface area (Å²) in [5.41, 5.74) is 0.203. The first-order chi connectivity index (χ1) is 19.5.